The molecule has 108 valence electrons. The third-order valence-corrected chi connectivity index (χ3v) is 3.58. The fourth-order valence-corrected chi connectivity index (χ4v) is 2.41. The van der Waals surface area contributed by atoms with Crippen LogP contribution in [-0.4, -0.2) is 23.6 Å². The molecule has 0 radical (unpaired) electrons. The summed E-state index contributed by atoms with van der Waals surface area (Å²) < 4.78 is 2.12. The van der Waals surface area contributed by atoms with Gasteiger partial charge in [-0.1, -0.05) is 31.2 Å². The lowest BCUT2D eigenvalue weighted by atomic mass is 10.1. The van der Waals surface area contributed by atoms with E-state index in [1.165, 1.54) is 16.8 Å². The first-order valence-electron chi connectivity index (χ1n) is 7.09. The number of benzene rings is 1. The van der Waals surface area contributed by atoms with Crippen LogP contribution in [0.4, 0.5) is 5.95 Å². The first-order chi connectivity index (χ1) is 9.63. The number of nitrogens with one attached hydrogen (secondary N) is 1. The number of aromatic nitrogens is 2. The number of nitrogens with zero attached hydrogens (tertiary/aromatic N) is 3. The van der Waals surface area contributed by atoms with E-state index >= 15 is 0 Å². The first kappa shape index (κ1) is 14.6. The summed E-state index contributed by atoms with van der Waals surface area (Å²) in [4.78, 5) is 6.45. The number of anilines is 1. The molecule has 1 aromatic carbocycles. The second-order valence-electron chi connectivity index (χ2n) is 5.23. The molecular weight excluding hydrogens is 248 g/mol. The smallest absolute Gasteiger partial charge is 0.204 e. The summed E-state index contributed by atoms with van der Waals surface area (Å²) in [7, 11) is 6.08. The molecule has 0 fully saturated rings. The van der Waals surface area contributed by atoms with Crippen molar-refractivity contribution in [3.63, 3.8) is 0 Å². The Morgan fingerprint density at radius 2 is 1.85 bits per heavy atom. The van der Waals surface area contributed by atoms with Crippen LogP contribution in [0.15, 0.2) is 30.5 Å². The van der Waals surface area contributed by atoms with Crippen molar-refractivity contribution in [2.45, 2.75) is 26.4 Å². The number of imidazole rings is 1. The van der Waals surface area contributed by atoms with Crippen LogP contribution >= 0.6 is 0 Å². The van der Waals surface area contributed by atoms with Crippen LogP contribution in [0.5, 0.6) is 0 Å². The molecule has 0 aliphatic carbocycles. The minimum atomic E-state index is 0.829. The van der Waals surface area contributed by atoms with Crippen LogP contribution in [0.25, 0.3) is 0 Å². The third-order valence-electron chi connectivity index (χ3n) is 3.58. The van der Waals surface area contributed by atoms with Crippen LogP contribution in [0, 0.1) is 0 Å². The summed E-state index contributed by atoms with van der Waals surface area (Å²) in [6, 6.07) is 8.60. The van der Waals surface area contributed by atoms with Gasteiger partial charge in [0.1, 0.15) is 0 Å². The summed E-state index contributed by atoms with van der Waals surface area (Å²) in [6.07, 6.45) is 3.02. The maximum Gasteiger partial charge on any atom is 0.204 e. The lowest BCUT2D eigenvalue weighted by molar-refractivity contribution is 0.651. The van der Waals surface area contributed by atoms with Gasteiger partial charge in [-0.2, -0.15) is 0 Å². The number of rotatable bonds is 6. The van der Waals surface area contributed by atoms with E-state index in [2.05, 4.69) is 53.1 Å². The summed E-state index contributed by atoms with van der Waals surface area (Å²) >= 11 is 0. The predicted octanol–water partition coefficient (Wildman–Crippen LogP) is 2.34. The van der Waals surface area contributed by atoms with Crippen molar-refractivity contribution < 1.29 is 0 Å². The zero-order chi connectivity index (χ0) is 14.5. The van der Waals surface area contributed by atoms with Gasteiger partial charge in [-0.3, -0.25) is 0 Å². The SMILES string of the molecule is CCc1ccccc1CNCc1cnc(N(C)C)n1C. The lowest BCUT2D eigenvalue weighted by Crippen LogP contribution is -2.18. The molecule has 4 nitrogen and oxygen atoms in total. The normalized spacial score (nSPS) is 10.8. The van der Waals surface area contributed by atoms with Crippen molar-refractivity contribution in [1.29, 1.82) is 0 Å². The van der Waals surface area contributed by atoms with Crippen LogP contribution in [0.2, 0.25) is 0 Å². The van der Waals surface area contributed by atoms with Crippen LogP contribution in [-0.2, 0) is 26.6 Å². The van der Waals surface area contributed by atoms with E-state index in [9.17, 15) is 0 Å². The lowest BCUT2D eigenvalue weighted by Gasteiger charge is -2.13. The van der Waals surface area contributed by atoms with E-state index < -0.39 is 0 Å². The Labute approximate surface area is 121 Å². The van der Waals surface area contributed by atoms with Crippen LogP contribution in [0.3, 0.4) is 0 Å². The van der Waals surface area contributed by atoms with Crippen molar-refractivity contribution in [2.24, 2.45) is 7.05 Å². The van der Waals surface area contributed by atoms with E-state index in [1.54, 1.807) is 0 Å². The Kier molecular flexibility index (Phi) is 4.79. The molecule has 0 bridgehead atoms. The average Bonchev–Trinajstić information content (AvgIpc) is 2.81. The Morgan fingerprint density at radius 1 is 1.15 bits per heavy atom. The van der Waals surface area contributed by atoms with Gasteiger partial charge in [0.2, 0.25) is 5.95 Å². The third kappa shape index (κ3) is 3.20. The summed E-state index contributed by atoms with van der Waals surface area (Å²) in [5.74, 6) is 0.982. The molecule has 0 aliphatic rings. The summed E-state index contributed by atoms with van der Waals surface area (Å²) in [5.41, 5.74) is 3.99. The molecule has 0 aliphatic heterocycles. The Morgan fingerprint density at radius 3 is 2.45 bits per heavy atom. The van der Waals surface area contributed by atoms with Crippen molar-refractivity contribution in [1.82, 2.24) is 14.9 Å². The maximum absolute atomic E-state index is 4.42. The van der Waals surface area contributed by atoms with E-state index in [-0.39, 0.29) is 0 Å². The van der Waals surface area contributed by atoms with E-state index in [0.29, 0.717) is 0 Å². The van der Waals surface area contributed by atoms with Crippen molar-refractivity contribution >= 4 is 5.95 Å². The molecule has 20 heavy (non-hydrogen) atoms. The van der Waals surface area contributed by atoms with Gasteiger partial charge in [0.05, 0.1) is 11.9 Å². The fraction of sp³-hybridized carbons (Fsp3) is 0.438. The quantitative estimate of drug-likeness (QED) is 0.876. The van der Waals surface area contributed by atoms with Gasteiger partial charge in [0, 0.05) is 34.2 Å². The molecular formula is C16H24N4. The van der Waals surface area contributed by atoms with Gasteiger partial charge in [-0.25, -0.2) is 4.98 Å². The average molecular weight is 272 g/mol. The molecule has 1 heterocycles. The minimum absolute atomic E-state index is 0.829. The van der Waals surface area contributed by atoms with Gasteiger partial charge in [0.15, 0.2) is 0 Å². The molecule has 0 atom stereocenters. The van der Waals surface area contributed by atoms with E-state index in [4.69, 9.17) is 0 Å². The standard InChI is InChI=1S/C16H24N4/c1-5-13-8-6-7-9-14(13)10-17-11-15-12-18-16(19(2)3)20(15)4/h6-9,12,17H,5,10-11H2,1-4H3. The largest absolute Gasteiger partial charge is 0.348 e. The molecule has 0 saturated carbocycles. The van der Waals surface area contributed by atoms with Crippen molar-refractivity contribution in [3.8, 4) is 0 Å². The van der Waals surface area contributed by atoms with Gasteiger partial charge in [0.25, 0.3) is 0 Å². The molecule has 0 spiro atoms. The Bertz CT molecular complexity index is 557. The molecule has 0 unspecified atom stereocenters. The predicted molar refractivity (Wildman–Crippen MR) is 83.9 cm³/mol. The zero-order valence-corrected chi connectivity index (χ0v) is 12.8. The molecule has 2 aromatic rings. The van der Waals surface area contributed by atoms with Crippen molar-refractivity contribution in [2.75, 3.05) is 19.0 Å². The second-order valence-corrected chi connectivity index (χ2v) is 5.23. The highest BCUT2D eigenvalue weighted by Crippen LogP contribution is 2.12. The molecule has 0 amide bonds. The van der Waals surface area contributed by atoms with Crippen LogP contribution in [0.1, 0.15) is 23.7 Å². The number of hydrogen-bond acceptors (Lipinski definition) is 3. The Hall–Kier alpha value is -1.81. The van der Waals surface area contributed by atoms with Crippen LogP contribution < -0.4 is 10.2 Å². The number of hydrogen-bond donors (Lipinski definition) is 1. The fourth-order valence-electron chi connectivity index (χ4n) is 2.41. The van der Waals surface area contributed by atoms with Gasteiger partial charge in [-0.15, -0.1) is 0 Å². The summed E-state index contributed by atoms with van der Waals surface area (Å²) in [6.45, 7) is 3.92. The minimum Gasteiger partial charge on any atom is -0.348 e. The maximum atomic E-state index is 4.42. The topological polar surface area (TPSA) is 33.1 Å². The summed E-state index contributed by atoms with van der Waals surface area (Å²) in [5, 5.41) is 3.51. The molecule has 2 rings (SSSR count). The highest BCUT2D eigenvalue weighted by molar-refractivity contribution is 5.31. The monoisotopic (exact) mass is 272 g/mol. The zero-order valence-electron chi connectivity index (χ0n) is 12.8. The second kappa shape index (κ2) is 6.57. The molecule has 1 N–H and O–H groups in total. The molecule has 4 heteroatoms. The molecule has 0 saturated heterocycles. The highest BCUT2D eigenvalue weighted by Gasteiger charge is 2.07. The first-order valence-corrected chi connectivity index (χ1v) is 7.09. The van der Waals surface area contributed by atoms with Crippen molar-refractivity contribution in [3.05, 3.63) is 47.3 Å². The Balaban J connectivity index is 1.96. The van der Waals surface area contributed by atoms with E-state index in [1.807, 2.05) is 25.2 Å². The highest BCUT2D eigenvalue weighted by atomic mass is 15.3. The van der Waals surface area contributed by atoms with Gasteiger partial charge >= 0.3 is 0 Å². The van der Waals surface area contributed by atoms with Gasteiger partial charge in [-0.05, 0) is 17.5 Å². The van der Waals surface area contributed by atoms with E-state index in [0.717, 1.165) is 25.5 Å². The van der Waals surface area contributed by atoms with Gasteiger partial charge < -0.3 is 14.8 Å². The number of aryl methyl sites for hydroxylation is 1. The molecule has 1 aromatic heterocycles.